The van der Waals surface area contributed by atoms with E-state index in [0.29, 0.717) is 11.6 Å². The lowest BCUT2D eigenvalue weighted by Crippen LogP contribution is -2.10. The molecule has 1 atom stereocenters. The summed E-state index contributed by atoms with van der Waals surface area (Å²) in [5.74, 6) is 0.988. The highest BCUT2D eigenvalue weighted by Gasteiger charge is 2.20. The summed E-state index contributed by atoms with van der Waals surface area (Å²) in [5.41, 5.74) is 6.36. The van der Waals surface area contributed by atoms with Crippen molar-refractivity contribution in [2.24, 2.45) is 0 Å². The summed E-state index contributed by atoms with van der Waals surface area (Å²) < 4.78 is 11.1. The fourth-order valence-corrected chi connectivity index (χ4v) is 4.92. The maximum Gasteiger partial charge on any atom is 0.341 e. The molecule has 0 spiro atoms. The zero-order chi connectivity index (χ0) is 23.4. The molecule has 0 saturated carbocycles. The fourth-order valence-electron chi connectivity index (χ4n) is 3.50. The highest BCUT2D eigenvalue weighted by Crippen LogP contribution is 2.27. The predicted molar refractivity (Wildman–Crippen MR) is 132 cm³/mol. The number of aromatic nitrogens is 1. The number of aryl methyl sites for hydroxylation is 2. The van der Waals surface area contributed by atoms with E-state index < -0.39 is 5.97 Å². The van der Waals surface area contributed by atoms with Crippen molar-refractivity contribution >= 4 is 16.9 Å². The second-order valence-electron chi connectivity index (χ2n) is 7.98. The molecular weight excluding hydrogens is 434 g/mol. The molecule has 4 rings (SSSR count). The van der Waals surface area contributed by atoms with Gasteiger partial charge in [0.05, 0.1) is 0 Å². The number of ether oxygens (including phenoxy) is 1. The van der Waals surface area contributed by atoms with Gasteiger partial charge in [0.1, 0.15) is 24.0 Å². The molecule has 6 heteroatoms. The number of carboxylic acid groups (broad SMARTS) is 1. The Labute approximate surface area is 196 Å². The van der Waals surface area contributed by atoms with E-state index in [2.05, 4.69) is 49.6 Å². The Bertz CT molecular complexity index is 1250. The maximum atomic E-state index is 10.7. The minimum atomic E-state index is -0.986. The molecule has 33 heavy (non-hydrogen) atoms. The van der Waals surface area contributed by atoms with Crippen LogP contribution >= 0.6 is 0 Å². The second-order valence-corrected chi connectivity index (χ2v) is 10.0. The predicted octanol–water partition coefficient (Wildman–Crippen LogP) is 5.90. The van der Waals surface area contributed by atoms with Crippen LogP contribution in [0.25, 0.3) is 22.6 Å². The Morgan fingerprint density at radius 3 is 2.24 bits per heavy atom. The highest BCUT2D eigenvalue weighted by molar-refractivity contribution is 7.95. The van der Waals surface area contributed by atoms with E-state index in [0.717, 1.165) is 28.1 Å². The van der Waals surface area contributed by atoms with Crippen LogP contribution in [0.1, 0.15) is 16.8 Å². The van der Waals surface area contributed by atoms with Crippen LogP contribution in [0, 0.1) is 13.8 Å². The SMILES string of the molecule is Cc1ccc(-c2ccc(-c3nc(C[S+](C)c4ccc(OCC(=O)O)c(C)c4)co3)cc2)cc1. The molecule has 0 amide bonds. The van der Waals surface area contributed by atoms with Crippen LogP contribution in [0.5, 0.6) is 5.75 Å². The number of rotatable bonds is 8. The minimum Gasteiger partial charge on any atom is -0.482 e. The highest BCUT2D eigenvalue weighted by atomic mass is 32.2. The van der Waals surface area contributed by atoms with Gasteiger partial charge in [-0.15, -0.1) is 0 Å². The molecule has 3 aromatic carbocycles. The van der Waals surface area contributed by atoms with Crippen molar-refractivity contribution in [1.29, 1.82) is 0 Å². The Morgan fingerprint density at radius 2 is 1.61 bits per heavy atom. The van der Waals surface area contributed by atoms with Crippen molar-refractivity contribution in [3.8, 4) is 28.3 Å². The molecule has 0 aliphatic heterocycles. The van der Waals surface area contributed by atoms with Gasteiger partial charge in [-0.2, -0.15) is 0 Å². The Balaban J connectivity index is 1.42. The number of hydrogen-bond donors (Lipinski definition) is 1. The lowest BCUT2D eigenvalue weighted by atomic mass is 10.0. The van der Waals surface area contributed by atoms with Crippen LogP contribution in [0.2, 0.25) is 0 Å². The molecule has 0 aliphatic rings. The average molecular weight is 461 g/mol. The Morgan fingerprint density at radius 1 is 0.970 bits per heavy atom. The largest absolute Gasteiger partial charge is 0.482 e. The van der Waals surface area contributed by atoms with Crippen LogP contribution in [0.4, 0.5) is 0 Å². The number of hydrogen-bond acceptors (Lipinski definition) is 4. The van der Waals surface area contributed by atoms with E-state index in [9.17, 15) is 4.79 Å². The summed E-state index contributed by atoms with van der Waals surface area (Å²) in [6, 6.07) is 22.6. The Kier molecular flexibility index (Phi) is 6.84. The van der Waals surface area contributed by atoms with E-state index in [4.69, 9.17) is 19.2 Å². The van der Waals surface area contributed by atoms with Crippen LogP contribution < -0.4 is 4.74 Å². The normalized spacial score (nSPS) is 11.8. The lowest BCUT2D eigenvalue weighted by molar-refractivity contribution is -0.139. The Hall–Kier alpha value is -3.51. The van der Waals surface area contributed by atoms with Gasteiger partial charge in [0.25, 0.3) is 0 Å². The van der Waals surface area contributed by atoms with Crippen molar-refractivity contribution in [1.82, 2.24) is 4.98 Å². The summed E-state index contributed by atoms with van der Waals surface area (Å²) in [4.78, 5) is 16.6. The van der Waals surface area contributed by atoms with Gasteiger partial charge in [-0.25, -0.2) is 9.78 Å². The summed E-state index contributed by atoms with van der Waals surface area (Å²) in [6.07, 6.45) is 3.89. The third-order valence-electron chi connectivity index (χ3n) is 5.33. The third-order valence-corrected chi connectivity index (χ3v) is 7.12. The van der Waals surface area contributed by atoms with E-state index >= 15 is 0 Å². The zero-order valence-corrected chi connectivity index (χ0v) is 19.7. The van der Waals surface area contributed by atoms with Crippen LogP contribution in [0.15, 0.2) is 82.3 Å². The average Bonchev–Trinajstić information content (AvgIpc) is 3.27. The second kappa shape index (κ2) is 9.96. The molecule has 0 radical (unpaired) electrons. The standard InChI is InChI=1S/C27H25NO4S/c1-18-4-6-20(7-5-18)21-8-10-22(11-9-21)27-28-23(15-32-27)17-33(3)24-12-13-25(19(2)14-24)31-16-26(29)30/h4-15H,16-17H2,1-3H3/p+1. The number of benzene rings is 3. The summed E-state index contributed by atoms with van der Waals surface area (Å²) in [5, 5.41) is 8.79. The quantitative estimate of drug-likeness (QED) is 0.332. The first kappa shape index (κ1) is 22.7. The van der Waals surface area contributed by atoms with Crippen LogP contribution in [-0.4, -0.2) is 28.9 Å². The lowest BCUT2D eigenvalue weighted by Gasteiger charge is -2.08. The molecule has 0 fully saturated rings. The molecule has 168 valence electrons. The first-order valence-corrected chi connectivity index (χ1v) is 12.4. The van der Waals surface area contributed by atoms with E-state index in [1.807, 2.05) is 37.3 Å². The van der Waals surface area contributed by atoms with Crippen molar-refractivity contribution in [2.45, 2.75) is 24.5 Å². The molecule has 4 aromatic rings. The zero-order valence-electron chi connectivity index (χ0n) is 18.9. The molecule has 0 saturated heterocycles. The molecule has 1 N–H and O–H groups in total. The topological polar surface area (TPSA) is 72.6 Å². The molecule has 5 nitrogen and oxygen atoms in total. The number of oxazole rings is 1. The molecule has 0 bridgehead atoms. The molecule has 1 unspecified atom stereocenters. The molecular formula is C27H26NO4S+. The van der Waals surface area contributed by atoms with E-state index in [-0.39, 0.29) is 17.5 Å². The number of carboxylic acids is 1. The van der Waals surface area contributed by atoms with Gasteiger partial charge in [0.15, 0.2) is 17.3 Å². The fraction of sp³-hybridized carbons (Fsp3) is 0.185. The summed E-state index contributed by atoms with van der Waals surface area (Å²) >= 11 is 0. The summed E-state index contributed by atoms with van der Waals surface area (Å²) in [7, 11) is -0.0837. The first-order chi connectivity index (χ1) is 15.9. The molecule has 0 aliphatic carbocycles. The molecule has 1 aromatic heterocycles. The summed E-state index contributed by atoms with van der Waals surface area (Å²) in [6.45, 7) is 3.67. The van der Waals surface area contributed by atoms with Crippen LogP contribution in [0.3, 0.4) is 0 Å². The maximum absolute atomic E-state index is 10.7. The number of aliphatic carboxylic acids is 1. The van der Waals surface area contributed by atoms with E-state index in [1.165, 1.54) is 16.0 Å². The van der Waals surface area contributed by atoms with Gasteiger partial charge in [-0.3, -0.25) is 0 Å². The van der Waals surface area contributed by atoms with Gasteiger partial charge in [-0.05, 0) is 60.9 Å². The van der Waals surface area contributed by atoms with Gasteiger partial charge in [0, 0.05) is 16.5 Å². The number of nitrogens with zero attached hydrogens (tertiary/aromatic N) is 1. The minimum absolute atomic E-state index is 0.0837. The van der Waals surface area contributed by atoms with E-state index in [1.54, 1.807) is 6.26 Å². The number of carbonyl (C=O) groups is 1. The molecule has 1 heterocycles. The third kappa shape index (κ3) is 5.65. The smallest absolute Gasteiger partial charge is 0.341 e. The van der Waals surface area contributed by atoms with Gasteiger partial charge >= 0.3 is 5.97 Å². The van der Waals surface area contributed by atoms with Gasteiger partial charge in [-0.1, -0.05) is 42.0 Å². The van der Waals surface area contributed by atoms with Gasteiger partial charge < -0.3 is 14.3 Å². The van der Waals surface area contributed by atoms with Crippen molar-refractivity contribution in [2.75, 3.05) is 12.9 Å². The monoisotopic (exact) mass is 460 g/mol. The van der Waals surface area contributed by atoms with Gasteiger partial charge in [0.2, 0.25) is 5.89 Å². The van der Waals surface area contributed by atoms with Crippen LogP contribution in [-0.2, 0) is 21.4 Å². The van der Waals surface area contributed by atoms with Crippen molar-refractivity contribution < 1.29 is 19.1 Å². The van der Waals surface area contributed by atoms with Crippen molar-refractivity contribution in [3.05, 3.63) is 89.8 Å². The first-order valence-electron chi connectivity index (χ1n) is 10.6. The van der Waals surface area contributed by atoms with Crippen molar-refractivity contribution in [3.63, 3.8) is 0 Å².